The van der Waals surface area contributed by atoms with Crippen LogP contribution < -0.4 is 0 Å². The summed E-state index contributed by atoms with van der Waals surface area (Å²) >= 11 is 0. The van der Waals surface area contributed by atoms with Crippen molar-refractivity contribution in [2.75, 3.05) is 0 Å². The first kappa shape index (κ1) is 12.6. The van der Waals surface area contributed by atoms with Crippen LogP contribution in [-0.4, -0.2) is 5.11 Å². The van der Waals surface area contributed by atoms with Crippen LogP contribution in [0.15, 0.2) is 12.1 Å². The quantitative estimate of drug-likeness (QED) is 0.845. The van der Waals surface area contributed by atoms with E-state index < -0.39 is 5.60 Å². The van der Waals surface area contributed by atoms with E-state index in [0.29, 0.717) is 17.9 Å². The lowest BCUT2D eigenvalue weighted by Gasteiger charge is -2.34. The Kier molecular flexibility index (Phi) is 3.26. The van der Waals surface area contributed by atoms with E-state index >= 15 is 0 Å². The van der Waals surface area contributed by atoms with E-state index in [1.54, 1.807) is 6.92 Å². The van der Waals surface area contributed by atoms with Gasteiger partial charge in [-0.05, 0) is 50.3 Å². The molecule has 2 rings (SSSR count). The van der Waals surface area contributed by atoms with E-state index in [9.17, 15) is 9.50 Å². The lowest BCUT2D eigenvalue weighted by molar-refractivity contribution is 0.0125. The molecule has 0 spiro atoms. The van der Waals surface area contributed by atoms with Gasteiger partial charge in [0, 0.05) is 5.56 Å². The van der Waals surface area contributed by atoms with Crippen molar-refractivity contribution in [1.82, 2.24) is 0 Å². The second-order valence-corrected chi connectivity index (χ2v) is 5.71. The minimum atomic E-state index is -1.03. The monoisotopic (exact) mass is 236 g/mol. The van der Waals surface area contributed by atoms with Crippen molar-refractivity contribution in [1.29, 1.82) is 0 Å². The van der Waals surface area contributed by atoms with E-state index in [-0.39, 0.29) is 5.82 Å². The predicted octanol–water partition coefficient (Wildman–Crippen LogP) is 3.84. The number of hydrogen-bond acceptors (Lipinski definition) is 1. The van der Waals surface area contributed by atoms with E-state index in [4.69, 9.17) is 0 Å². The maximum Gasteiger partial charge on any atom is 0.129 e. The lowest BCUT2D eigenvalue weighted by Crippen LogP contribution is -2.30. The third kappa shape index (κ3) is 2.52. The van der Waals surface area contributed by atoms with Crippen molar-refractivity contribution in [3.63, 3.8) is 0 Å². The molecule has 0 aliphatic heterocycles. The molecular weight excluding hydrogens is 215 g/mol. The van der Waals surface area contributed by atoms with Crippen molar-refractivity contribution in [2.24, 2.45) is 5.92 Å². The summed E-state index contributed by atoms with van der Waals surface area (Å²) in [5, 5.41) is 10.5. The summed E-state index contributed by atoms with van der Waals surface area (Å²) in [4.78, 5) is 0. The molecule has 1 unspecified atom stereocenters. The van der Waals surface area contributed by atoms with Gasteiger partial charge in [-0.3, -0.25) is 0 Å². The normalized spacial score (nSPS) is 19.8. The predicted molar refractivity (Wildman–Crippen MR) is 67.4 cm³/mol. The molecule has 1 aliphatic carbocycles. The number of aliphatic hydroxyl groups is 1. The molecule has 0 heterocycles. The zero-order valence-corrected chi connectivity index (χ0v) is 10.9. The van der Waals surface area contributed by atoms with Gasteiger partial charge in [0.05, 0.1) is 5.60 Å². The Hall–Kier alpha value is -0.890. The SMILES string of the molecule is Cc1cc(C)c(C(C)(O)CC2CCC2)c(F)c1. The standard InChI is InChI=1S/C15H21FO/c1-10-7-11(2)14(13(16)8-10)15(3,17)9-12-5-4-6-12/h7-8,12,17H,4-6,9H2,1-3H3. The van der Waals surface area contributed by atoms with Crippen LogP contribution in [0.3, 0.4) is 0 Å². The minimum absolute atomic E-state index is 0.271. The van der Waals surface area contributed by atoms with Gasteiger partial charge < -0.3 is 5.11 Å². The van der Waals surface area contributed by atoms with Crippen LogP contribution in [-0.2, 0) is 5.60 Å². The highest BCUT2D eigenvalue weighted by molar-refractivity contribution is 5.36. The van der Waals surface area contributed by atoms with Crippen LogP contribution in [0, 0.1) is 25.6 Å². The summed E-state index contributed by atoms with van der Waals surface area (Å²) in [6, 6.07) is 3.45. The molecule has 0 aromatic heterocycles. The largest absolute Gasteiger partial charge is 0.385 e. The van der Waals surface area contributed by atoms with E-state index in [0.717, 1.165) is 11.1 Å². The third-order valence-corrected chi connectivity index (χ3v) is 3.88. The van der Waals surface area contributed by atoms with Crippen molar-refractivity contribution in [2.45, 2.75) is 52.1 Å². The molecule has 0 radical (unpaired) electrons. The van der Waals surface area contributed by atoms with Gasteiger partial charge in [-0.15, -0.1) is 0 Å². The molecule has 1 aliphatic rings. The van der Waals surface area contributed by atoms with Crippen LogP contribution in [0.25, 0.3) is 0 Å². The first-order valence-electron chi connectivity index (χ1n) is 6.40. The van der Waals surface area contributed by atoms with Gasteiger partial charge in [-0.2, -0.15) is 0 Å². The Labute approximate surface area is 103 Å². The Bertz CT molecular complexity index is 396. The van der Waals surface area contributed by atoms with Crippen LogP contribution >= 0.6 is 0 Å². The zero-order chi connectivity index (χ0) is 12.6. The topological polar surface area (TPSA) is 20.2 Å². The van der Waals surface area contributed by atoms with E-state index in [2.05, 4.69) is 0 Å². The minimum Gasteiger partial charge on any atom is -0.385 e. The fourth-order valence-electron chi connectivity index (χ4n) is 2.96. The second kappa shape index (κ2) is 4.41. The lowest BCUT2D eigenvalue weighted by atomic mass is 9.75. The van der Waals surface area contributed by atoms with E-state index in [1.165, 1.54) is 25.3 Å². The highest BCUT2D eigenvalue weighted by Gasteiger charge is 2.33. The Balaban J connectivity index is 2.30. The van der Waals surface area contributed by atoms with Crippen molar-refractivity contribution < 1.29 is 9.50 Å². The Morgan fingerprint density at radius 2 is 2.00 bits per heavy atom. The fraction of sp³-hybridized carbons (Fsp3) is 0.600. The first-order chi connectivity index (χ1) is 7.90. The molecule has 1 fully saturated rings. The molecular formula is C15H21FO. The molecule has 0 amide bonds. The van der Waals surface area contributed by atoms with E-state index in [1.807, 2.05) is 19.9 Å². The number of rotatable bonds is 3. The van der Waals surface area contributed by atoms with Gasteiger partial charge in [0.15, 0.2) is 0 Å². The van der Waals surface area contributed by atoms with Gasteiger partial charge in [0.2, 0.25) is 0 Å². The van der Waals surface area contributed by atoms with Crippen molar-refractivity contribution >= 4 is 0 Å². The molecule has 17 heavy (non-hydrogen) atoms. The average Bonchev–Trinajstić information content (AvgIpc) is 2.09. The van der Waals surface area contributed by atoms with Gasteiger partial charge in [0.25, 0.3) is 0 Å². The van der Waals surface area contributed by atoms with Crippen LogP contribution in [0.2, 0.25) is 0 Å². The summed E-state index contributed by atoms with van der Waals surface area (Å²) in [7, 11) is 0. The maximum absolute atomic E-state index is 14.0. The second-order valence-electron chi connectivity index (χ2n) is 5.71. The fourth-order valence-corrected chi connectivity index (χ4v) is 2.96. The molecule has 1 aromatic rings. The molecule has 1 N–H and O–H groups in total. The van der Waals surface area contributed by atoms with Gasteiger partial charge in [0.1, 0.15) is 5.82 Å². The summed E-state index contributed by atoms with van der Waals surface area (Å²) in [5.74, 6) is 0.289. The Morgan fingerprint density at radius 1 is 1.35 bits per heavy atom. The van der Waals surface area contributed by atoms with Crippen molar-refractivity contribution in [3.8, 4) is 0 Å². The maximum atomic E-state index is 14.0. The molecule has 1 aromatic carbocycles. The number of benzene rings is 1. The zero-order valence-electron chi connectivity index (χ0n) is 10.9. The van der Waals surface area contributed by atoms with Crippen LogP contribution in [0.1, 0.15) is 49.3 Å². The molecule has 2 heteroatoms. The van der Waals surface area contributed by atoms with Gasteiger partial charge >= 0.3 is 0 Å². The summed E-state index contributed by atoms with van der Waals surface area (Å²) in [5.41, 5.74) is 1.21. The highest BCUT2D eigenvalue weighted by Crippen LogP contribution is 2.39. The molecule has 1 saturated carbocycles. The number of halogens is 1. The smallest absolute Gasteiger partial charge is 0.129 e. The highest BCUT2D eigenvalue weighted by atomic mass is 19.1. The summed E-state index contributed by atoms with van der Waals surface area (Å²) < 4.78 is 14.0. The van der Waals surface area contributed by atoms with Crippen molar-refractivity contribution in [3.05, 3.63) is 34.6 Å². The molecule has 1 nitrogen and oxygen atoms in total. The number of hydrogen-bond donors (Lipinski definition) is 1. The average molecular weight is 236 g/mol. The molecule has 1 atom stereocenters. The van der Waals surface area contributed by atoms with Crippen LogP contribution in [0.5, 0.6) is 0 Å². The van der Waals surface area contributed by atoms with Gasteiger partial charge in [-0.1, -0.05) is 25.3 Å². The summed E-state index contributed by atoms with van der Waals surface area (Å²) in [6.45, 7) is 5.49. The molecule has 0 bridgehead atoms. The third-order valence-electron chi connectivity index (χ3n) is 3.88. The Morgan fingerprint density at radius 3 is 2.47 bits per heavy atom. The molecule has 0 saturated heterocycles. The van der Waals surface area contributed by atoms with Gasteiger partial charge in [-0.25, -0.2) is 4.39 Å². The van der Waals surface area contributed by atoms with Crippen LogP contribution in [0.4, 0.5) is 4.39 Å². The number of aryl methyl sites for hydroxylation is 2. The first-order valence-corrected chi connectivity index (χ1v) is 6.40. The molecule has 94 valence electrons. The summed E-state index contributed by atoms with van der Waals surface area (Å²) in [6.07, 6.45) is 4.26.